The Morgan fingerprint density at radius 2 is 2.00 bits per heavy atom. The molecule has 0 saturated heterocycles. The zero-order valence-corrected chi connectivity index (χ0v) is 17.5. The standard InChI is InChI=1S/C25H24FNO4/c1-15-10-18-12-20(14-27-24(29)8-6-19-4-3-9-30-19)31-25(18)22(11-15)21-13-17(16(2)28)5-7-23(21)26/h3-5,7,9-11,13,20H,6,8,12,14H2,1-2H3,(H,27,29)/t20-/m1/s1. The van der Waals surface area contributed by atoms with Gasteiger partial charge in [-0.1, -0.05) is 6.07 Å². The summed E-state index contributed by atoms with van der Waals surface area (Å²) < 4.78 is 26.0. The van der Waals surface area contributed by atoms with E-state index in [9.17, 15) is 14.0 Å². The number of carbonyl (C=O) groups is 2. The molecule has 1 aromatic heterocycles. The van der Waals surface area contributed by atoms with Gasteiger partial charge in [-0.15, -0.1) is 0 Å². The number of carbonyl (C=O) groups excluding carboxylic acids is 2. The number of furan rings is 1. The van der Waals surface area contributed by atoms with Crippen LogP contribution in [0.25, 0.3) is 11.1 Å². The van der Waals surface area contributed by atoms with Gasteiger partial charge in [0, 0.05) is 36.0 Å². The van der Waals surface area contributed by atoms with E-state index in [1.807, 2.05) is 25.1 Å². The lowest BCUT2D eigenvalue weighted by molar-refractivity contribution is -0.121. The van der Waals surface area contributed by atoms with Crippen LogP contribution in [0.15, 0.2) is 53.1 Å². The molecule has 5 nitrogen and oxygen atoms in total. The first-order valence-electron chi connectivity index (χ1n) is 10.3. The summed E-state index contributed by atoms with van der Waals surface area (Å²) in [4.78, 5) is 23.9. The van der Waals surface area contributed by atoms with Gasteiger partial charge in [0.25, 0.3) is 0 Å². The minimum Gasteiger partial charge on any atom is -0.487 e. The summed E-state index contributed by atoms with van der Waals surface area (Å²) in [5, 5.41) is 2.91. The first-order chi connectivity index (χ1) is 14.9. The van der Waals surface area contributed by atoms with Crippen LogP contribution in [-0.2, 0) is 17.6 Å². The number of benzene rings is 2. The summed E-state index contributed by atoms with van der Waals surface area (Å²) in [5.74, 6) is 0.778. The van der Waals surface area contributed by atoms with Crippen molar-refractivity contribution < 1.29 is 23.1 Å². The van der Waals surface area contributed by atoms with Crippen molar-refractivity contribution in [2.45, 2.75) is 39.2 Å². The fourth-order valence-electron chi connectivity index (χ4n) is 3.86. The molecular weight excluding hydrogens is 397 g/mol. The predicted molar refractivity (Wildman–Crippen MR) is 115 cm³/mol. The molecule has 1 aliphatic rings. The van der Waals surface area contributed by atoms with Gasteiger partial charge in [-0.05, 0) is 61.4 Å². The maximum Gasteiger partial charge on any atom is 0.220 e. The number of nitrogens with one attached hydrogen (secondary N) is 1. The maximum absolute atomic E-state index is 14.6. The molecule has 3 aromatic rings. The number of Topliss-reactive ketones (excluding diaryl/α,β-unsaturated/α-hetero) is 1. The summed E-state index contributed by atoms with van der Waals surface area (Å²) >= 11 is 0. The number of rotatable bonds is 7. The van der Waals surface area contributed by atoms with Crippen molar-refractivity contribution in [3.8, 4) is 16.9 Å². The van der Waals surface area contributed by atoms with Crippen molar-refractivity contribution in [2.75, 3.05) is 6.54 Å². The predicted octanol–water partition coefficient (Wildman–Crippen LogP) is 4.65. The van der Waals surface area contributed by atoms with Crippen molar-refractivity contribution in [3.63, 3.8) is 0 Å². The molecule has 2 heterocycles. The highest BCUT2D eigenvalue weighted by atomic mass is 19.1. The zero-order chi connectivity index (χ0) is 22.0. The van der Waals surface area contributed by atoms with Crippen LogP contribution in [0.3, 0.4) is 0 Å². The molecule has 1 amide bonds. The SMILES string of the molecule is CC(=O)c1ccc(F)c(-c2cc(C)cc3c2O[C@@H](CNC(=O)CCc2ccco2)C3)c1. The Morgan fingerprint density at radius 1 is 1.16 bits per heavy atom. The van der Waals surface area contributed by atoms with Gasteiger partial charge in [-0.2, -0.15) is 0 Å². The Balaban J connectivity index is 1.47. The van der Waals surface area contributed by atoms with Crippen LogP contribution in [0, 0.1) is 12.7 Å². The smallest absolute Gasteiger partial charge is 0.220 e. The molecule has 0 spiro atoms. The van der Waals surface area contributed by atoms with Gasteiger partial charge >= 0.3 is 0 Å². The Labute approximate surface area is 180 Å². The number of fused-ring (bicyclic) bond motifs is 1. The van der Waals surface area contributed by atoms with Crippen LogP contribution in [0.5, 0.6) is 5.75 Å². The monoisotopic (exact) mass is 421 g/mol. The largest absolute Gasteiger partial charge is 0.487 e. The number of ketones is 1. The van der Waals surface area contributed by atoms with E-state index < -0.39 is 5.82 Å². The number of ether oxygens (including phenoxy) is 1. The number of hydrogen-bond donors (Lipinski definition) is 1. The van der Waals surface area contributed by atoms with Gasteiger partial charge in [0.15, 0.2) is 5.78 Å². The third-order valence-electron chi connectivity index (χ3n) is 5.41. The second-order valence-electron chi connectivity index (χ2n) is 7.88. The van der Waals surface area contributed by atoms with E-state index in [4.69, 9.17) is 9.15 Å². The third kappa shape index (κ3) is 4.68. The molecule has 0 unspecified atom stereocenters. The van der Waals surface area contributed by atoms with E-state index in [0.717, 1.165) is 16.9 Å². The highest BCUT2D eigenvalue weighted by Crippen LogP contribution is 2.41. The molecule has 1 N–H and O–H groups in total. The summed E-state index contributed by atoms with van der Waals surface area (Å²) in [7, 11) is 0. The Morgan fingerprint density at radius 3 is 2.74 bits per heavy atom. The number of hydrogen-bond acceptors (Lipinski definition) is 4. The maximum atomic E-state index is 14.6. The molecule has 1 atom stereocenters. The number of aryl methyl sites for hydroxylation is 2. The van der Waals surface area contributed by atoms with Crippen molar-refractivity contribution in [1.82, 2.24) is 5.32 Å². The first kappa shape index (κ1) is 20.8. The summed E-state index contributed by atoms with van der Waals surface area (Å²) in [6.45, 7) is 3.76. The van der Waals surface area contributed by atoms with Crippen LogP contribution in [-0.4, -0.2) is 24.3 Å². The number of halogens is 1. The molecule has 2 aromatic carbocycles. The minimum atomic E-state index is -0.406. The minimum absolute atomic E-state index is 0.0763. The molecular formula is C25H24FNO4. The van der Waals surface area contributed by atoms with E-state index >= 15 is 0 Å². The molecule has 0 fully saturated rings. The molecule has 4 rings (SSSR count). The molecule has 0 bridgehead atoms. The Hall–Kier alpha value is -3.41. The van der Waals surface area contributed by atoms with Crippen molar-refractivity contribution >= 4 is 11.7 Å². The number of amides is 1. The normalized spacial score (nSPS) is 14.7. The fraction of sp³-hybridized carbons (Fsp3) is 0.280. The quantitative estimate of drug-likeness (QED) is 0.564. The van der Waals surface area contributed by atoms with Crippen LogP contribution < -0.4 is 10.1 Å². The Kier molecular flexibility index (Phi) is 5.89. The highest BCUT2D eigenvalue weighted by Gasteiger charge is 2.28. The van der Waals surface area contributed by atoms with E-state index in [1.54, 1.807) is 18.4 Å². The summed E-state index contributed by atoms with van der Waals surface area (Å²) in [6.07, 6.45) is 2.85. The average molecular weight is 421 g/mol. The molecule has 0 saturated carbocycles. The van der Waals surface area contributed by atoms with E-state index in [-0.39, 0.29) is 17.8 Å². The van der Waals surface area contributed by atoms with Crippen molar-refractivity contribution in [3.05, 3.63) is 77.0 Å². The van der Waals surface area contributed by atoms with Crippen LogP contribution in [0.4, 0.5) is 4.39 Å². The van der Waals surface area contributed by atoms with Crippen LogP contribution in [0.2, 0.25) is 0 Å². The molecule has 6 heteroatoms. The molecule has 1 aliphatic heterocycles. The highest BCUT2D eigenvalue weighted by molar-refractivity contribution is 5.95. The molecule has 0 aliphatic carbocycles. The van der Waals surface area contributed by atoms with Gasteiger partial charge in [0.1, 0.15) is 23.4 Å². The average Bonchev–Trinajstić information content (AvgIpc) is 3.40. The van der Waals surface area contributed by atoms with Gasteiger partial charge in [-0.25, -0.2) is 4.39 Å². The first-order valence-corrected chi connectivity index (χ1v) is 10.3. The van der Waals surface area contributed by atoms with E-state index in [2.05, 4.69) is 5.32 Å². The fourth-order valence-corrected chi connectivity index (χ4v) is 3.86. The molecule has 0 radical (unpaired) electrons. The van der Waals surface area contributed by atoms with Crippen molar-refractivity contribution in [1.29, 1.82) is 0 Å². The van der Waals surface area contributed by atoms with Crippen molar-refractivity contribution in [2.24, 2.45) is 0 Å². The van der Waals surface area contributed by atoms with E-state index in [0.29, 0.717) is 48.2 Å². The second-order valence-corrected chi connectivity index (χ2v) is 7.88. The second kappa shape index (κ2) is 8.76. The lowest BCUT2D eigenvalue weighted by Gasteiger charge is -2.15. The van der Waals surface area contributed by atoms with E-state index in [1.165, 1.54) is 19.1 Å². The van der Waals surface area contributed by atoms with Gasteiger partial charge < -0.3 is 14.5 Å². The van der Waals surface area contributed by atoms with Crippen LogP contribution in [0.1, 0.15) is 40.6 Å². The van der Waals surface area contributed by atoms with Crippen LogP contribution >= 0.6 is 0 Å². The topological polar surface area (TPSA) is 68.5 Å². The molecule has 31 heavy (non-hydrogen) atoms. The van der Waals surface area contributed by atoms with Gasteiger partial charge in [0.2, 0.25) is 5.91 Å². The molecule has 160 valence electrons. The third-order valence-corrected chi connectivity index (χ3v) is 5.41. The Bertz CT molecular complexity index is 1120. The lowest BCUT2D eigenvalue weighted by atomic mass is 9.95. The van der Waals surface area contributed by atoms with Gasteiger partial charge in [0.05, 0.1) is 12.8 Å². The zero-order valence-electron chi connectivity index (χ0n) is 17.5. The summed E-state index contributed by atoms with van der Waals surface area (Å²) in [5.41, 5.74) is 3.37. The van der Waals surface area contributed by atoms with Gasteiger partial charge in [-0.3, -0.25) is 9.59 Å². The lowest BCUT2D eigenvalue weighted by Crippen LogP contribution is -2.34. The summed E-state index contributed by atoms with van der Waals surface area (Å²) in [6, 6.07) is 11.9.